The van der Waals surface area contributed by atoms with Gasteiger partial charge in [0, 0.05) is 20.1 Å². The van der Waals surface area contributed by atoms with E-state index in [0.29, 0.717) is 18.2 Å². The summed E-state index contributed by atoms with van der Waals surface area (Å²) in [6.45, 7) is 3.27. The van der Waals surface area contributed by atoms with Gasteiger partial charge in [-0.1, -0.05) is 55.4 Å². The van der Waals surface area contributed by atoms with Gasteiger partial charge < -0.3 is 4.90 Å². The molecule has 2 aromatic rings. The minimum Gasteiger partial charge on any atom is -0.341 e. The van der Waals surface area contributed by atoms with E-state index in [2.05, 4.69) is 17.1 Å². The fraction of sp³-hybridized carbons (Fsp3) is 0.438. The summed E-state index contributed by atoms with van der Waals surface area (Å²) < 4.78 is 1.60. The van der Waals surface area contributed by atoms with Crippen molar-refractivity contribution in [2.45, 2.75) is 38.0 Å². The maximum atomic E-state index is 12.2. The normalized spacial score (nSPS) is 10.7. The lowest BCUT2D eigenvalue weighted by molar-refractivity contribution is -0.127. The van der Waals surface area contributed by atoms with Gasteiger partial charge >= 0.3 is 5.69 Å². The van der Waals surface area contributed by atoms with Crippen molar-refractivity contribution in [1.82, 2.24) is 19.7 Å². The lowest BCUT2D eigenvalue weighted by Gasteiger charge is -2.17. The van der Waals surface area contributed by atoms with Gasteiger partial charge in [-0.2, -0.15) is 0 Å². The zero-order chi connectivity index (χ0) is 16.7. The first kappa shape index (κ1) is 17.3. The Labute approximate surface area is 139 Å². The Kier molecular flexibility index (Phi) is 6.46. The SMILES string of the molecule is CCCCn1c(SCC(=O)N(C)Cc2ccccc2)n[nH]c1=O. The van der Waals surface area contributed by atoms with Crippen molar-refractivity contribution in [2.75, 3.05) is 12.8 Å². The Hall–Kier alpha value is -2.02. The van der Waals surface area contributed by atoms with E-state index in [4.69, 9.17) is 0 Å². The van der Waals surface area contributed by atoms with Gasteiger partial charge in [0.2, 0.25) is 5.91 Å². The average molecular weight is 334 g/mol. The molecule has 0 spiro atoms. The van der Waals surface area contributed by atoms with Gasteiger partial charge in [-0.3, -0.25) is 9.36 Å². The van der Waals surface area contributed by atoms with Crippen molar-refractivity contribution in [3.05, 3.63) is 46.4 Å². The molecule has 0 atom stereocenters. The molecule has 0 aliphatic rings. The number of aromatic nitrogens is 3. The molecule has 2 rings (SSSR count). The minimum atomic E-state index is -0.217. The fourth-order valence-electron chi connectivity index (χ4n) is 2.11. The van der Waals surface area contributed by atoms with Gasteiger partial charge in [-0.25, -0.2) is 9.89 Å². The molecule has 124 valence electrons. The van der Waals surface area contributed by atoms with Crippen LogP contribution in [0.2, 0.25) is 0 Å². The average Bonchev–Trinajstić information content (AvgIpc) is 2.91. The summed E-state index contributed by atoms with van der Waals surface area (Å²) in [4.78, 5) is 25.6. The fourth-order valence-corrected chi connectivity index (χ4v) is 3.02. The zero-order valence-electron chi connectivity index (χ0n) is 13.5. The Balaban J connectivity index is 1.90. The van der Waals surface area contributed by atoms with Crippen LogP contribution in [0.25, 0.3) is 0 Å². The third kappa shape index (κ3) is 4.99. The van der Waals surface area contributed by atoms with Gasteiger partial charge in [0.25, 0.3) is 0 Å². The van der Waals surface area contributed by atoms with E-state index in [1.165, 1.54) is 11.8 Å². The highest BCUT2D eigenvalue weighted by Gasteiger charge is 2.14. The predicted molar refractivity (Wildman–Crippen MR) is 91.4 cm³/mol. The largest absolute Gasteiger partial charge is 0.343 e. The summed E-state index contributed by atoms with van der Waals surface area (Å²) in [5.74, 6) is 0.274. The zero-order valence-corrected chi connectivity index (χ0v) is 14.3. The lowest BCUT2D eigenvalue weighted by Crippen LogP contribution is -2.28. The molecule has 1 N–H and O–H groups in total. The molecule has 1 aromatic carbocycles. The van der Waals surface area contributed by atoms with Crippen LogP contribution in [0.3, 0.4) is 0 Å². The molecule has 0 aliphatic heterocycles. The van der Waals surface area contributed by atoms with Crippen LogP contribution < -0.4 is 5.69 Å². The molecule has 0 aliphatic carbocycles. The van der Waals surface area contributed by atoms with E-state index in [-0.39, 0.29) is 17.3 Å². The number of unbranched alkanes of at least 4 members (excludes halogenated alkanes) is 1. The molecule has 1 aromatic heterocycles. The number of hydrogen-bond donors (Lipinski definition) is 1. The number of hydrogen-bond acceptors (Lipinski definition) is 4. The molecule has 0 saturated heterocycles. The van der Waals surface area contributed by atoms with Gasteiger partial charge in [0.15, 0.2) is 5.16 Å². The highest BCUT2D eigenvalue weighted by Crippen LogP contribution is 2.15. The number of amides is 1. The molecule has 0 fully saturated rings. The molecule has 6 nitrogen and oxygen atoms in total. The number of benzene rings is 1. The van der Waals surface area contributed by atoms with E-state index >= 15 is 0 Å². The topological polar surface area (TPSA) is 71.0 Å². The Morgan fingerprint density at radius 1 is 1.35 bits per heavy atom. The van der Waals surface area contributed by atoms with Gasteiger partial charge in [0.1, 0.15) is 0 Å². The van der Waals surface area contributed by atoms with Crippen molar-refractivity contribution in [3.63, 3.8) is 0 Å². The standard InChI is InChI=1S/C16H22N4O2S/c1-3-4-10-20-15(22)17-18-16(20)23-12-14(21)19(2)11-13-8-6-5-7-9-13/h5-9H,3-4,10-12H2,1-2H3,(H,17,22). The van der Waals surface area contributed by atoms with Crippen LogP contribution in [0.5, 0.6) is 0 Å². The molecule has 1 amide bonds. The lowest BCUT2D eigenvalue weighted by atomic mass is 10.2. The predicted octanol–water partition coefficient (Wildman–Crippen LogP) is 2.12. The van der Waals surface area contributed by atoms with Crippen LogP contribution in [-0.4, -0.2) is 38.4 Å². The Morgan fingerprint density at radius 3 is 2.78 bits per heavy atom. The second-order valence-electron chi connectivity index (χ2n) is 5.34. The second-order valence-corrected chi connectivity index (χ2v) is 6.28. The van der Waals surface area contributed by atoms with E-state index in [9.17, 15) is 9.59 Å². The van der Waals surface area contributed by atoms with Crippen LogP contribution in [0.15, 0.2) is 40.3 Å². The van der Waals surface area contributed by atoms with Gasteiger partial charge in [0.05, 0.1) is 5.75 Å². The number of thioether (sulfide) groups is 1. The maximum absolute atomic E-state index is 12.2. The number of H-pyrrole nitrogens is 1. The number of rotatable bonds is 8. The number of nitrogens with one attached hydrogen (secondary N) is 1. The summed E-state index contributed by atoms with van der Waals surface area (Å²) in [6, 6.07) is 9.85. The summed E-state index contributed by atoms with van der Waals surface area (Å²) in [5, 5.41) is 7.03. The highest BCUT2D eigenvalue weighted by molar-refractivity contribution is 7.99. The van der Waals surface area contributed by atoms with Crippen molar-refractivity contribution in [2.24, 2.45) is 0 Å². The van der Waals surface area contributed by atoms with Gasteiger partial charge in [-0.05, 0) is 12.0 Å². The number of carbonyl (C=O) groups is 1. The first-order valence-electron chi connectivity index (χ1n) is 7.67. The monoisotopic (exact) mass is 334 g/mol. The van der Waals surface area contributed by atoms with Crippen LogP contribution in [-0.2, 0) is 17.9 Å². The van der Waals surface area contributed by atoms with E-state index in [1.54, 1.807) is 16.5 Å². The number of aromatic amines is 1. The van der Waals surface area contributed by atoms with Crippen molar-refractivity contribution < 1.29 is 4.79 Å². The molecular formula is C16H22N4O2S. The molecule has 0 bridgehead atoms. The van der Waals surface area contributed by atoms with Crippen LogP contribution in [0.1, 0.15) is 25.3 Å². The summed E-state index contributed by atoms with van der Waals surface area (Å²) >= 11 is 1.29. The summed E-state index contributed by atoms with van der Waals surface area (Å²) in [5.41, 5.74) is 0.874. The molecule has 0 radical (unpaired) electrons. The van der Waals surface area contributed by atoms with Crippen LogP contribution in [0, 0.1) is 0 Å². The third-order valence-electron chi connectivity index (χ3n) is 3.47. The Morgan fingerprint density at radius 2 is 2.09 bits per heavy atom. The number of nitrogens with zero attached hydrogens (tertiary/aromatic N) is 3. The molecule has 0 unspecified atom stereocenters. The molecule has 23 heavy (non-hydrogen) atoms. The summed E-state index contributed by atoms with van der Waals surface area (Å²) in [7, 11) is 1.78. The maximum Gasteiger partial charge on any atom is 0.343 e. The van der Waals surface area contributed by atoms with E-state index in [0.717, 1.165) is 18.4 Å². The van der Waals surface area contributed by atoms with Crippen LogP contribution >= 0.6 is 11.8 Å². The van der Waals surface area contributed by atoms with E-state index in [1.807, 2.05) is 30.3 Å². The quantitative estimate of drug-likeness (QED) is 0.751. The van der Waals surface area contributed by atoms with Crippen molar-refractivity contribution in [3.8, 4) is 0 Å². The molecular weight excluding hydrogens is 312 g/mol. The second kappa shape index (κ2) is 8.57. The van der Waals surface area contributed by atoms with Crippen molar-refractivity contribution in [1.29, 1.82) is 0 Å². The first-order valence-corrected chi connectivity index (χ1v) is 8.66. The number of carbonyl (C=O) groups excluding carboxylic acids is 1. The molecule has 0 saturated carbocycles. The summed E-state index contributed by atoms with van der Waals surface area (Å²) in [6.07, 6.45) is 1.91. The smallest absolute Gasteiger partial charge is 0.341 e. The molecule has 7 heteroatoms. The van der Waals surface area contributed by atoms with Gasteiger partial charge in [-0.15, -0.1) is 5.10 Å². The van der Waals surface area contributed by atoms with Crippen LogP contribution in [0.4, 0.5) is 0 Å². The minimum absolute atomic E-state index is 0.0105. The van der Waals surface area contributed by atoms with E-state index < -0.39 is 0 Å². The molecule has 1 heterocycles. The third-order valence-corrected chi connectivity index (χ3v) is 4.43. The highest BCUT2D eigenvalue weighted by atomic mass is 32.2. The Bertz CT molecular complexity index is 681. The first-order chi connectivity index (χ1) is 11.1. The van der Waals surface area contributed by atoms with Crippen molar-refractivity contribution >= 4 is 17.7 Å².